The van der Waals surface area contributed by atoms with Gasteiger partial charge in [-0.25, -0.2) is 0 Å². The van der Waals surface area contributed by atoms with Crippen LogP contribution in [0.3, 0.4) is 0 Å². The molecule has 0 N–H and O–H groups in total. The highest BCUT2D eigenvalue weighted by molar-refractivity contribution is 6.83. The standard InChI is InChI=1S/C18H22O4Si/c1-21-17(19)12-9-10-14(23(2,3)4)15-11-7-5-6-8-13(11)22-18(20)16(12)15/h5-8,10,12,15-16H,9H2,1-4H3/t12-,15-,16+/m1/s1. The van der Waals surface area contributed by atoms with Crippen LogP contribution in [0.4, 0.5) is 0 Å². The number of fused-ring (bicyclic) bond motifs is 3. The first-order valence-corrected chi connectivity index (χ1v) is 11.4. The topological polar surface area (TPSA) is 52.6 Å². The number of carbonyl (C=O) groups excluding carboxylic acids is 2. The highest BCUT2D eigenvalue weighted by Gasteiger charge is 2.50. The van der Waals surface area contributed by atoms with Gasteiger partial charge >= 0.3 is 11.9 Å². The van der Waals surface area contributed by atoms with E-state index in [0.717, 1.165) is 5.56 Å². The molecule has 0 spiro atoms. The van der Waals surface area contributed by atoms with Gasteiger partial charge in [0.15, 0.2) is 0 Å². The molecule has 1 aromatic carbocycles. The Labute approximate surface area is 137 Å². The lowest BCUT2D eigenvalue weighted by atomic mass is 9.71. The number of ether oxygens (including phenoxy) is 2. The zero-order valence-electron chi connectivity index (χ0n) is 14.0. The molecule has 1 aliphatic carbocycles. The lowest BCUT2D eigenvalue weighted by Crippen LogP contribution is -2.46. The number of esters is 2. The Morgan fingerprint density at radius 3 is 2.61 bits per heavy atom. The molecule has 0 aromatic heterocycles. The van der Waals surface area contributed by atoms with Crippen LogP contribution in [0, 0.1) is 11.8 Å². The summed E-state index contributed by atoms with van der Waals surface area (Å²) in [5.41, 5.74) is 1.01. The molecule has 23 heavy (non-hydrogen) atoms. The summed E-state index contributed by atoms with van der Waals surface area (Å²) in [6.07, 6.45) is 2.72. The zero-order valence-corrected chi connectivity index (χ0v) is 15.0. The first kappa shape index (κ1) is 16.0. The van der Waals surface area contributed by atoms with Gasteiger partial charge in [-0.2, -0.15) is 0 Å². The van der Waals surface area contributed by atoms with E-state index in [1.54, 1.807) is 0 Å². The third-order valence-corrected chi connectivity index (χ3v) is 7.07. The minimum absolute atomic E-state index is 0.0723. The third kappa shape index (κ3) is 2.63. The molecule has 2 aliphatic rings. The molecule has 4 nitrogen and oxygen atoms in total. The molecule has 3 rings (SSSR count). The molecular weight excluding hydrogens is 308 g/mol. The normalized spacial score (nSPS) is 26.5. The van der Waals surface area contributed by atoms with Gasteiger partial charge in [0, 0.05) is 11.5 Å². The number of para-hydroxylation sites is 1. The Morgan fingerprint density at radius 2 is 1.96 bits per heavy atom. The predicted molar refractivity (Wildman–Crippen MR) is 89.9 cm³/mol. The fourth-order valence-corrected chi connectivity index (χ4v) is 5.79. The molecule has 1 aliphatic heterocycles. The van der Waals surface area contributed by atoms with E-state index in [4.69, 9.17) is 9.47 Å². The first-order chi connectivity index (χ1) is 10.8. The van der Waals surface area contributed by atoms with Gasteiger partial charge < -0.3 is 9.47 Å². The number of carbonyl (C=O) groups is 2. The second-order valence-corrected chi connectivity index (χ2v) is 12.3. The predicted octanol–water partition coefficient (Wildman–Crippen LogP) is 3.30. The van der Waals surface area contributed by atoms with Gasteiger partial charge in [-0.1, -0.05) is 49.1 Å². The number of rotatable bonds is 2. The van der Waals surface area contributed by atoms with Gasteiger partial charge in [0.1, 0.15) is 5.75 Å². The molecule has 0 radical (unpaired) electrons. The molecule has 1 aromatic rings. The van der Waals surface area contributed by atoms with Crippen molar-refractivity contribution < 1.29 is 19.1 Å². The van der Waals surface area contributed by atoms with Crippen molar-refractivity contribution >= 4 is 20.0 Å². The molecule has 0 fully saturated rings. The minimum Gasteiger partial charge on any atom is -0.469 e. The average Bonchev–Trinajstić information content (AvgIpc) is 2.52. The maximum atomic E-state index is 12.7. The van der Waals surface area contributed by atoms with Crippen molar-refractivity contribution in [3.8, 4) is 5.75 Å². The fourth-order valence-electron chi connectivity index (χ4n) is 3.79. The molecule has 0 saturated heterocycles. The van der Waals surface area contributed by atoms with E-state index in [2.05, 4.69) is 25.7 Å². The van der Waals surface area contributed by atoms with Crippen molar-refractivity contribution in [3.63, 3.8) is 0 Å². The quantitative estimate of drug-likeness (QED) is 0.474. The van der Waals surface area contributed by atoms with Gasteiger partial charge in [-0.05, 0) is 12.5 Å². The van der Waals surface area contributed by atoms with Crippen molar-refractivity contribution in [1.82, 2.24) is 0 Å². The molecule has 122 valence electrons. The van der Waals surface area contributed by atoms with Crippen molar-refractivity contribution in [2.75, 3.05) is 7.11 Å². The number of methoxy groups -OCH3 is 1. The molecular formula is C18H22O4Si. The zero-order chi connectivity index (χ0) is 16.8. The van der Waals surface area contributed by atoms with Gasteiger partial charge in [0.25, 0.3) is 0 Å². The molecule has 5 heteroatoms. The van der Waals surface area contributed by atoms with Gasteiger partial charge in [0.05, 0.1) is 27.0 Å². The smallest absolute Gasteiger partial charge is 0.316 e. The summed E-state index contributed by atoms with van der Waals surface area (Å²) < 4.78 is 10.5. The molecule has 0 saturated carbocycles. The summed E-state index contributed by atoms with van der Waals surface area (Å²) in [6, 6.07) is 7.66. The highest BCUT2D eigenvalue weighted by Crippen LogP contribution is 2.50. The summed E-state index contributed by atoms with van der Waals surface area (Å²) in [6.45, 7) is 6.82. The van der Waals surface area contributed by atoms with Crippen LogP contribution in [-0.2, 0) is 14.3 Å². The Hall–Kier alpha value is -1.88. The number of hydrogen-bond acceptors (Lipinski definition) is 4. The Balaban J connectivity index is 2.17. The van der Waals surface area contributed by atoms with Gasteiger partial charge in [-0.3, -0.25) is 9.59 Å². The summed E-state index contributed by atoms with van der Waals surface area (Å²) in [4.78, 5) is 24.8. The fraction of sp³-hybridized carbons (Fsp3) is 0.444. The van der Waals surface area contributed by atoms with Crippen molar-refractivity contribution in [2.24, 2.45) is 11.8 Å². The SMILES string of the molecule is COC(=O)[C@@H]1CC=C([Si](C)(C)C)[C@H]2c3ccccc3OC(=O)[C@@H]12. The average molecular weight is 330 g/mol. The van der Waals surface area contributed by atoms with E-state index < -0.39 is 19.9 Å². The van der Waals surface area contributed by atoms with Crippen LogP contribution in [0.1, 0.15) is 17.9 Å². The van der Waals surface area contributed by atoms with Crippen molar-refractivity contribution in [1.29, 1.82) is 0 Å². The van der Waals surface area contributed by atoms with Crippen molar-refractivity contribution in [2.45, 2.75) is 32.0 Å². The Bertz CT molecular complexity index is 687. The van der Waals surface area contributed by atoms with E-state index >= 15 is 0 Å². The lowest BCUT2D eigenvalue weighted by Gasteiger charge is -2.43. The summed E-state index contributed by atoms with van der Waals surface area (Å²) in [7, 11) is -0.264. The maximum Gasteiger partial charge on any atom is 0.316 e. The Morgan fingerprint density at radius 1 is 1.26 bits per heavy atom. The minimum atomic E-state index is -1.64. The second kappa shape index (κ2) is 5.64. The van der Waals surface area contributed by atoms with E-state index in [1.165, 1.54) is 12.3 Å². The van der Waals surface area contributed by atoms with Gasteiger partial charge in [-0.15, -0.1) is 0 Å². The van der Waals surface area contributed by atoms with Crippen LogP contribution in [0.15, 0.2) is 35.5 Å². The van der Waals surface area contributed by atoms with E-state index in [-0.39, 0.29) is 17.9 Å². The highest BCUT2D eigenvalue weighted by atomic mass is 28.3. The first-order valence-electron chi connectivity index (χ1n) is 7.93. The van der Waals surface area contributed by atoms with E-state index in [0.29, 0.717) is 12.2 Å². The molecule has 0 bridgehead atoms. The molecule has 0 amide bonds. The summed E-state index contributed by atoms with van der Waals surface area (Å²) >= 11 is 0. The van der Waals surface area contributed by atoms with Crippen LogP contribution >= 0.6 is 0 Å². The number of benzene rings is 1. The molecule has 3 atom stereocenters. The number of allylic oxidation sites excluding steroid dienone is 2. The van der Waals surface area contributed by atoms with Crippen LogP contribution in [-0.4, -0.2) is 27.1 Å². The van der Waals surface area contributed by atoms with E-state index in [9.17, 15) is 9.59 Å². The summed E-state index contributed by atoms with van der Waals surface area (Å²) in [5, 5.41) is 1.33. The van der Waals surface area contributed by atoms with Crippen LogP contribution in [0.5, 0.6) is 5.75 Å². The molecule has 1 heterocycles. The van der Waals surface area contributed by atoms with E-state index in [1.807, 2.05) is 24.3 Å². The van der Waals surface area contributed by atoms with Gasteiger partial charge in [0.2, 0.25) is 0 Å². The molecule has 0 unspecified atom stereocenters. The lowest BCUT2D eigenvalue weighted by molar-refractivity contribution is -0.156. The van der Waals surface area contributed by atoms with Crippen LogP contribution in [0.25, 0.3) is 0 Å². The second-order valence-electron chi connectivity index (χ2n) is 7.24. The summed E-state index contributed by atoms with van der Waals surface area (Å²) in [5.74, 6) is -1.05. The largest absolute Gasteiger partial charge is 0.469 e. The van der Waals surface area contributed by atoms with Crippen LogP contribution < -0.4 is 4.74 Å². The maximum absolute atomic E-state index is 12.7. The van der Waals surface area contributed by atoms with Crippen LogP contribution in [0.2, 0.25) is 19.6 Å². The Kier molecular flexibility index (Phi) is 3.92. The monoisotopic (exact) mass is 330 g/mol. The number of hydrogen-bond donors (Lipinski definition) is 0. The third-order valence-electron chi connectivity index (χ3n) is 4.83. The van der Waals surface area contributed by atoms with Crippen molar-refractivity contribution in [3.05, 3.63) is 41.1 Å².